The van der Waals surface area contributed by atoms with Crippen LogP contribution in [-0.4, -0.2) is 35.9 Å². The minimum absolute atomic E-state index is 0.151. The average molecular weight is 348 g/mol. The number of halogens is 1. The van der Waals surface area contributed by atoms with Gasteiger partial charge in [0.25, 0.3) is 5.91 Å². The predicted molar refractivity (Wildman–Crippen MR) is 90.3 cm³/mol. The summed E-state index contributed by atoms with van der Waals surface area (Å²) in [4.78, 5) is 14.8. The lowest BCUT2D eigenvalue weighted by Gasteiger charge is -2.31. The fraction of sp³-hybridized carbons (Fsp3) is 0.412. The van der Waals surface area contributed by atoms with E-state index >= 15 is 0 Å². The Hall–Kier alpha value is -2.21. The maximum atomic E-state index is 13.1. The SMILES string of the molecule is COc1ccc(Cl)c2c1N(C(=O)c1cc3n(n1)CCCO3)CCC2. The van der Waals surface area contributed by atoms with Gasteiger partial charge in [0.15, 0.2) is 5.69 Å². The molecule has 0 unspecified atom stereocenters. The third-order valence-corrected chi connectivity index (χ3v) is 4.81. The number of aryl methyl sites for hydroxylation is 1. The molecule has 0 saturated heterocycles. The predicted octanol–water partition coefficient (Wildman–Crippen LogP) is 2.92. The summed E-state index contributed by atoms with van der Waals surface area (Å²) < 4.78 is 12.8. The summed E-state index contributed by atoms with van der Waals surface area (Å²) >= 11 is 6.34. The van der Waals surface area contributed by atoms with Crippen LogP contribution in [0.3, 0.4) is 0 Å². The third-order valence-electron chi connectivity index (χ3n) is 4.46. The number of hydrogen-bond donors (Lipinski definition) is 0. The number of amides is 1. The number of fused-ring (bicyclic) bond motifs is 2. The molecule has 0 spiro atoms. The molecule has 0 saturated carbocycles. The van der Waals surface area contributed by atoms with Crippen LogP contribution in [0.25, 0.3) is 0 Å². The van der Waals surface area contributed by atoms with Crippen LogP contribution in [0.1, 0.15) is 28.9 Å². The Labute approximate surface area is 144 Å². The van der Waals surface area contributed by atoms with Gasteiger partial charge < -0.3 is 14.4 Å². The maximum Gasteiger partial charge on any atom is 0.279 e. The Morgan fingerprint density at radius 2 is 2.21 bits per heavy atom. The standard InChI is InChI=1S/C17H18ClN3O3/c1-23-14-6-5-12(18)11-4-2-7-20(16(11)14)17(22)13-10-15-21(19-13)8-3-9-24-15/h5-6,10H,2-4,7-9H2,1H3. The van der Waals surface area contributed by atoms with Gasteiger partial charge in [0.1, 0.15) is 5.75 Å². The van der Waals surface area contributed by atoms with E-state index in [1.807, 2.05) is 6.07 Å². The van der Waals surface area contributed by atoms with Crippen molar-refractivity contribution in [2.75, 3.05) is 25.2 Å². The summed E-state index contributed by atoms with van der Waals surface area (Å²) in [6.07, 6.45) is 2.59. The number of hydrogen-bond acceptors (Lipinski definition) is 4. The van der Waals surface area contributed by atoms with Gasteiger partial charge in [-0.25, -0.2) is 4.68 Å². The minimum Gasteiger partial charge on any atom is -0.495 e. The van der Waals surface area contributed by atoms with Crippen molar-refractivity contribution in [3.63, 3.8) is 0 Å². The summed E-state index contributed by atoms with van der Waals surface area (Å²) in [5.41, 5.74) is 2.10. The molecule has 7 heteroatoms. The topological polar surface area (TPSA) is 56.6 Å². The van der Waals surface area contributed by atoms with E-state index in [9.17, 15) is 4.79 Å². The number of rotatable bonds is 2. The van der Waals surface area contributed by atoms with Crippen LogP contribution in [0.15, 0.2) is 18.2 Å². The first-order valence-corrected chi connectivity index (χ1v) is 8.44. The zero-order valence-corrected chi connectivity index (χ0v) is 14.2. The number of anilines is 1. The van der Waals surface area contributed by atoms with Crippen LogP contribution in [-0.2, 0) is 13.0 Å². The molecule has 4 rings (SSSR count). The molecule has 0 aliphatic carbocycles. The zero-order valence-electron chi connectivity index (χ0n) is 13.4. The number of nitrogens with zero attached hydrogens (tertiary/aromatic N) is 3. The normalized spacial score (nSPS) is 16.2. The van der Waals surface area contributed by atoms with Gasteiger partial charge in [-0.15, -0.1) is 0 Å². The van der Waals surface area contributed by atoms with Gasteiger partial charge >= 0.3 is 0 Å². The molecule has 3 heterocycles. The molecule has 2 aliphatic rings. The highest BCUT2D eigenvalue weighted by Crippen LogP contribution is 2.41. The first kappa shape index (κ1) is 15.3. The van der Waals surface area contributed by atoms with E-state index in [-0.39, 0.29) is 5.91 Å². The first-order chi connectivity index (χ1) is 11.7. The van der Waals surface area contributed by atoms with Crippen LogP contribution in [0.4, 0.5) is 5.69 Å². The van der Waals surface area contributed by atoms with Gasteiger partial charge in [0, 0.05) is 30.6 Å². The molecular formula is C17H18ClN3O3. The van der Waals surface area contributed by atoms with Crippen LogP contribution in [0.5, 0.6) is 11.6 Å². The highest BCUT2D eigenvalue weighted by atomic mass is 35.5. The van der Waals surface area contributed by atoms with Gasteiger partial charge in [-0.2, -0.15) is 5.10 Å². The van der Waals surface area contributed by atoms with E-state index in [2.05, 4.69) is 5.10 Å². The molecule has 0 bridgehead atoms. The maximum absolute atomic E-state index is 13.1. The molecule has 0 atom stereocenters. The van der Waals surface area contributed by atoms with Crippen LogP contribution < -0.4 is 14.4 Å². The van der Waals surface area contributed by atoms with Crippen molar-refractivity contribution in [1.82, 2.24) is 9.78 Å². The van der Waals surface area contributed by atoms with Crippen LogP contribution in [0.2, 0.25) is 5.02 Å². The van der Waals surface area contributed by atoms with E-state index in [1.54, 1.807) is 28.8 Å². The van der Waals surface area contributed by atoms with Crippen molar-refractivity contribution in [3.05, 3.63) is 34.5 Å². The Bertz CT molecular complexity index is 779. The number of carbonyl (C=O) groups is 1. The van der Waals surface area contributed by atoms with Crippen molar-refractivity contribution in [1.29, 1.82) is 0 Å². The fourth-order valence-corrected chi connectivity index (χ4v) is 3.57. The first-order valence-electron chi connectivity index (χ1n) is 8.07. The Balaban J connectivity index is 1.74. The number of benzene rings is 1. The minimum atomic E-state index is -0.151. The van der Waals surface area contributed by atoms with E-state index in [0.29, 0.717) is 35.5 Å². The summed E-state index contributed by atoms with van der Waals surface area (Å²) in [5.74, 6) is 1.16. The largest absolute Gasteiger partial charge is 0.495 e. The van der Waals surface area contributed by atoms with Gasteiger partial charge in [-0.3, -0.25) is 4.79 Å². The lowest BCUT2D eigenvalue weighted by molar-refractivity contribution is 0.0978. The summed E-state index contributed by atoms with van der Waals surface area (Å²) in [5, 5.41) is 5.07. The molecule has 0 N–H and O–H groups in total. The summed E-state index contributed by atoms with van der Waals surface area (Å²) in [6, 6.07) is 5.33. The molecule has 24 heavy (non-hydrogen) atoms. The Kier molecular flexibility index (Phi) is 3.84. The molecule has 6 nitrogen and oxygen atoms in total. The molecule has 2 aliphatic heterocycles. The van der Waals surface area contributed by atoms with E-state index in [1.165, 1.54) is 0 Å². The number of ether oxygens (including phenoxy) is 2. The second-order valence-corrected chi connectivity index (χ2v) is 6.34. The Morgan fingerprint density at radius 1 is 1.33 bits per heavy atom. The van der Waals surface area contributed by atoms with Crippen molar-refractivity contribution >= 4 is 23.2 Å². The molecule has 0 fully saturated rings. The Morgan fingerprint density at radius 3 is 3.00 bits per heavy atom. The molecular weight excluding hydrogens is 330 g/mol. The quantitative estimate of drug-likeness (QED) is 0.838. The molecule has 1 aromatic carbocycles. The number of methoxy groups -OCH3 is 1. The summed E-state index contributed by atoms with van der Waals surface area (Å²) in [6.45, 7) is 2.05. The molecule has 2 aromatic rings. The van der Waals surface area contributed by atoms with Crippen LogP contribution in [0, 0.1) is 0 Å². The third kappa shape index (κ3) is 2.41. The molecule has 126 valence electrons. The van der Waals surface area contributed by atoms with Crippen molar-refractivity contribution in [3.8, 4) is 11.6 Å². The molecule has 1 amide bonds. The van der Waals surface area contributed by atoms with Crippen molar-refractivity contribution in [2.45, 2.75) is 25.8 Å². The number of carbonyl (C=O) groups excluding carboxylic acids is 1. The average Bonchev–Trinajstić information content (AvgIpc) is 3.05. The highest BCUT2D eigenvalue weighted by molar-refractivity contribution is 6.32. The molecule has 0 radical (unpaired) electrons. The van der Waals surface area contributed by atoms with Crippen LogP contribution >= 0.6 is 11.6 Å². The van der Waals surface area contributed by atoms with Gasteiger partial charge in [-0.05, 0) is 30.5 Å². The highest BCUT2D eigenvalue weighted by Gasteiger charge is 2.30. The van der Waals surface area contributed by atoms with Crippen molar-refractivity contribution < 1.29 is 14.3 Å². The number of aromatic nitrogens is 2. The second-order valence-electron chi connectivity index (χ2n) is 5.93. The van der Waals surface area contributed by atoms with E-state index < -0.39 is 0 Å². The van der Waals surface area contributed by atoms with Gasteiger partial charge in [0.05, 0.1) is 19.4 Å². The zero-order chi connectivity index (χ0) is 16.7. The van der Waals surface area contributed by atoms with Crippen molar-refractivity contribution in [2.24, 2.45) is 0 Å². The van der Waals surface area contributed by atoms with E-state index in [4.69, 9.17) is 21.1 Å². The smallest absolute Gasteiger partial charge is 0.279 e. The summed E-state index contributed by atoms with van der Waals surface area (Å²) in [7, 11) is 1.60. The fourth-order valence-electron chi connectivity index (χ4n) is 3.33. The van der Waals surface area contributed by atoms with Gasteiger partial charge in [-0.1, -0.05) is 11.6 Å². The second kappa shape index (κ2) is 6.02. The lowest BCUT2D eigenvalue weighted by atomic mass is 10.0. The molecule has 1 aromatic heterocycles. The van der Waals surface area contributed by atoms with E-state index in [0.717, 1.165) is 37.1 Å². The monoisotopic (exact) mass is 347 g/mol. The lowest BCUT2D eigenvalue weighted by Crippen LogP contribution is -2.36. The van der Waals surface area contributed by atoms with Gasteiger partial charge in [0.2, 0.25) is 5.88 Å².